The van der Waals surface area contributed by atoms with Crippen molar-refractivity contribution >= 4 is 0 Å². The van der Waals surface area contributed by atoms with E-state index >= 15 is 0 Å². The van der Waals surface area contributed by atoms with E-state index in [9.17, 15) is 0 Å². The second-order valence-corrected chi connectivity index (χ2v) is 2.87. The lowest BCUT2D eigenvalue weighted by molar-refractivity contribution is 0.765. The van der Waals surface area contributed by atoms with Crippen LogP contribution < -0.4 is 0 Å². The van der Waals surface area contributed by atoms with Crippen molar-refractivity contribution in [1.29, 1.82) is 0 Å². The third-order valence-electron chi connectivity index (χ3n) is 2.12. The van der Waals surface area contributed by atoms with Crippen LogP contribution in [0.3, 0.4) is 0 Å². The van der Waals surface area contributed by atoms with E-state index in [0.717, 1.165) is 0 Å². The van der Waals surface area contributed by atoms with Crippen molar-refractivity contribution in [3.05, 3.63) is 35.5 Å². The lowest BCUT2D eigenvalue weighted by Crippen LogP contribution is -1.79. The fraction of sp³-hybridized carbons (Fsp3) is 0.400. The molecule has 0 aromatic carbocycles. The van der Waals surface area contributed by atoms with Crippen LogP contribution in [0.15, 0.2) is 29.4 Å². The molecule has 0 saturated carbocycles. The molecule has 0 bridgehead atoms. The van der Waals surface area contributed by atoms with E-state index in [1.807, 2.05) is 6.08 Å². The zero-order valence-electron chi connectivity index (χ0n) is 6.06. The first-order valence-corrected chi connectivity index (χ1v) is 3.96. The molecule has 0 amide bonds. The minimum absolute atomic E-state index is 1.24. The summed E-state index contributed by atoms with van der Waals surface area (Å²) in [5.41, 5.74) is 2.86. The fourth-order valence-electron chi connectivity index (χ4n) is 1.53. The third kappa shape index (κ3) is 0.942. The first-order valence-electron chi connectivity index (χ1n) is 3.96. The first-order chi connectivity index (χ1) is 4.97. The summed E-state index contributed by atoms with van der Waals surface area (Å²) in [5, 5.41) is 0. The van der Waals surface area contributed by atoms with Crippen molar-refractivity contribution in [2.24, 2.45) is 0 Å². The Morgan fingerprint density at radius 1 is 1.30 bits per heavy atom. The second-order valence-electron chi connectivity index (χ2n) is 2.87. The highest BCUT2D eigenvalue weighted by molar-refractivity contribution is 5.45. The predicted molar refractivity (Wildman–Crippen MR) is 42.4 cm³/mol. The summed E-state index contributed by atoms with van der Waals surface area (Å²) in [6, 6.07) is 0. The third-order valence-corrected chi connectivity index (χ3v) is 2.12. The van der Waals surface area contributed by atoms with Gasteiger partial charge in [-0.25, -0.2) is 0 Å². The highest BCUT2D eigenvalue weighted by Gasteiger charge is 2.08. The summed E-state index contributed by atoms with van der Waals surface area (Å²) >= 11 is 0. The molecule has 0 spiro atoms. The van der Waals surface area contributed by atoms with E-state index in [1.165, 1.54) is 36.8 Å². The van der Waals surface area contributed by atoms with Crippen LogP contribution in [0.25, 0.3) is 0 Å². The van der Waals surface area contributed by atoms with Gasteiger partial charge in [0.1, 0.15) is 0 Å². The molecule has 1 radical (unpaired) electrons. The molecule has 0 aromatic heterocycles. The molecule has 2 rings (SSSR count). The van der Waals surface area contributed by atoms with Gasteiger partial charge in [0.2, 0.25) is 0 Å². The molecule has 0 heterocycles. The van der Waals surface area contributed by atoms with Gasteiger partial charge in [-0.1, -0.05) is 18.2 Å². The molecule has 0 aromatic rings. The second kappa shape index (κ2) is 2.45. The van der Waals surface area contributed by atoms with Crippen molar-refractivity contribution in [2.75, 3.05) is 0 Å². The van der Waals surface area contributed by atoms with Crippen molar-refractivity contribution in [3.63, 3.8) is 0 Å². The van der Waals surface area contributed by atoms with Crippen molar-refractivity contribution in [2.45, 2.75) is 25.7 Å². The Balaban J connectivity index is 2.28. The van der Waals surface area contributed by atoms with E-state index in [4.69, 9.17) is 0 Å². The fourth-order valence-corrected chi connectivity index (χ4v) is 1.53. The summed E-state index contributed by atoms with van der Waals surface area (Å²) in [4.78, 5) is 0. The number of rotatable bonds is 0. The van der Waals surface area contributed by atoms with Gasteiger partial charge in [-0.15, -0.1) is 0 Å². The molecule has 0 atom stereocenters. The topological polar surface area (TPSA) is 0 Å². The van der Waals surface area contributed by atoms with Gasteiger partial charge < -0.3 is 0 Å². The Labute approximate surface area is 61.9 Å². The van der Waals surface area contributed by atoms with Gasteiger partial charge in [0.15, 0.2) is 0 Å². The molecule has 10 heavy (non-hydrogen) atoms. The molecule has 0 fully saturated rings. The minimum atomic E-state index is 1.24. The van der Waals surface area contributed by atoms with Gasteiger partial charge in [0, 0.05) is 0 Å². The van der Waals surface area contributed by atoms with Crippen LogP contribution in [0.4, 0.5) is 0 Å². The molecule has 0 saturated heterocycles. The Morgan fingerprint density at radius 2 is 2.30 bits per heavy atom. The highest BCUT2D eigenvalue weighted by atomic mass is 14.1. The number of hydrogen-bond donors (Lipinski definition) is 0. The smallest absolute Gasteiger partial charge is 0.0106 e. The summed E-state index contributed by atoms with van der Waals surface area (Å²) in [6.45, 7) is 0. The predicted octanol–water partition coefficient (Wildman–Crippen LogP) is 2.79. The maximum absolute atomic E-state index is 3.24. The van der Waals surface area contributed by atoms with E-state index in [1.54, 1.807) is 0 Å². The molecule has 0 heteroatoms. The number of hydrogen-bond acceptors (Lipinski definition) is 0. The zero-order valence-corrected chi connectivity index (χ0v) is 6.06. The van der Waals surface area contributed by atoms with Crippen LogP contribution in [0, 0.1) is 6.08 Å². The van der Waals surface area contributed by atoms with E-state index in [2.05, 4.69) is 18.2 Å². The molecule has 0 N–H and O–H groups in total. The monoisotopic (exact) mass is 131 g/mol. The Hall–Kier alpha value is -0.780. The van der Waals surface area contributed by atoms with Gasteiger partial charge in [0.05, 0.1) is 0 Å². The van der Waals surface area contributed by atoms with Gasteiger partial charge in [0.25, 0.3) is 0 Å². The molecule has 0 aliphatic heterocycles. The highest BCUT2D eigenvalue weighted by Crippen LogP contribution is 2.26. The van der Waals surface area contributed by atoms with Crippen LogP contribution in [0.5, 0.6) is 0 Å². The van der Waals surface area contributed by atoms with Crippen LogP contribution in [-0.4, -0.2) is 0 Å². The quantitative estimate of drug-likeness (QED) is 0.474. The molecule has 0 unspecified atom stereocenters. The molecular weight excluding hydrogens is 120 g/mol. The summed E-state index contributed by atoms with van der Waals surface area (Å²) in [7, 11) is 0. The largest absolute Gasteiger partial charge is 0.0764 e. The number of fused-ring (bicyclic) bond motifs is 1. The van der Waals surface area contributed by atoms with Crippen LogP contribution in [0.1, 0.15) is 25.7 Å². The SMILES string of the molecule is [C]1=CC=C2CCCCC=C12. The molecule has 2 aliphatic carbocycles. The summed E-state index contributed by atoms with van der Waals surface area (Å²) in [5.74, 6) is 0. The van der Waals surface area contributed by atoms with Crippen LogP contribution in [0.2, 0.25) is 0 Å². The van der Waals surface area contributed by atoms with Crippen molar-refractivity contribution in [3.8, 4) is 0 Å². The maximum Gasteiger partial charge on any atom is -0.0106 e. The lowest BCUT2D eigenvalue weighted by atomic mass is 10.1. The lowest BCUT2D eigenvalue weighted by Gasteiger charge is -1.97. The zero-order chi connectivity index (χ0) is 6.81. The minimum Gasteiger partial charge on any atom is -0.0764 e. The maximum atomic E-state index is 3.24. The molecular formula is C10H11. The Morgan fingerprint density at radius 3 is 3.30 bits per heavy atom. The normalized spacial score (nSPS) is 23.2. The molecule has 0 nitrogen and oxygen atoms in total. The van der Waals surface area contributed by atoms with Crippen LogP contribution >= 0.6 is 0 Å². The average molecular weight is 131 g/mol. The standard InChI is InChI=1S/C10H11/c1-2-5-9-7-4-8-10(9)6-3-1/h4-5,8H,1-3,6H2. The summed E-state index contributed by atoms with van der Waals surface area (Å²) < 4.78 is 0. The molecule has 2 aliphatic rings. The Bertz CT molecular complexity index is 216. The van der Waals surface area contributed by atoms with E-state index in [-0.39, 0.29) is 0 Å². The average Bonchev–Trinajstić information content (AvgIpc) is 2.28. The molecule has 51 valence electrons. The van der Waals surface area contributed by atoms with Gasteiger partial charge in [-0.2, -0.15) is 0 Å². The van der Waals surface area contributed by atoms with Gasteiger partial charge >= 0.3 is 0 Å². The van der Waals surface area contributed by atoms with E-state index < -0.39 is 0 Å². The summed E-state index contributed by atoms with van der Waals surface area (Å²) in [6.07, 6.45) is 15.0. The number of allylic oxidation sites excluding steroid dienone is 6. The van der Waals surface area contributed by atoms with Gasteiger partial charge in [-0.3, -0.25) is 0 Å². The van der Waals surface area contributed by atoms with Crippen molar-refractivity contribution < 1.29 is 0 Å². The first kappa shape index (κ1) is 5.96. The van der Waals surface area contributed by atoms with Crippen LogP contribution in [-0.2, 0) is 0 Å². The van der Waals surface area contributed by atoms with E-state index in [0.29, 0.717) is 0 Å². The van der Waals surface area contributed by atoms with Crippen molar-refractivity contribution in [1.82, 2.24) is 0 Å². The Kier molecular flexibility index (Phi) is 1.46. The van der Waals surface area contributed by atoms with Gasteiger partial charge in [-0.05, 0) is 42.9 Å².